The van der Waals surface area contributed by atoms with Crippen LogP contribution in [0.4, 0.5) is 0 Å². The minimum absolute atomic E-state index is 0.532. The monoisotopic (exact) mass is 269 g/mol. The van der Waals surface area contributed by atoms with Crippen LogP contribution in [0.1, 0.15) is 38.6 Å². The van der Waals surface area contributed by atoms with Crippen LogP contribution in [0.15, 0.2) is 0 Å². The van der Waals surface area contributed by atoms with E-state index in [0.717, 1.165) is 41.9 Å². The number of aryl methyl sites for hydroxylation is 2. The first-order valence-electron chi connectivity index (χ1n) is 7.03. The molecule has 1 saturated carbocycles. The van der Waals surface area contributed by atoms with E-state index >= 15 is 0 Å². The summed E-state index contributed by atoms with van der Waals surface area (Å²) in [5.74, 6) is 1.65. The highest BCUT2D eigenvalue weighted by atomic mass is 35.5. The number of hydrogen-bond acceptors (Lipinski definition) is 2. The number of aromatic nitrogens is 2. The zero-order chi connectivity index (χ0) is 13.3. The molecule has 1 N–H and O–H groups in total. The van der Waals surface area contributed by atoms with Crippen molar-refractivity contribution in [1.29, 1.82) is 0 Å². The number of nitrogens with one attached hydrogen (secondary N) is 1. The molecule has 0 aliphatic heterocycles. The van der Waals surface area contributed by atoms with E-state index in [9.17, 15) is 0 Å². The molecule has 0 radical (unpaired) electrons. The minimum Gasteiger partial charge on any atom is -0.316 e. The second-order valence-electron chi connectivity index (χ2n) is 5.35. The highest BCUT2D eigenvalue weighted by Gasteiger charge is 2.39. The summed E-state index contributed by atoms with van der Waals surface area (Å²) in [4.78, 5) is 0. The average Bonchev–Trinajstić information content (AvgIpc) is 3.01. The summed E-state index contributed by atoms with van der Waals surface area (Å²) in [6, 6.07) is 0.532. The molecule has 1 aliphatic carbocycles. The molecule has 1 aromatic rings. The van der Waals surface area contributed by atoms with Gasteiger partial charge in [0.15, 0.2) is 0 Å². The molecule has 1 heterocycles. The average molecular weight is 270 g/mol. The van der Waals surface area contributed by atoms with Crippen LogP contribution in [0, 0.1) is 11.8 Å². The van der Waals surface area contributed by atoms with Gasteiger partial charge in [-0.3, -0.25) is 4.68 Å². The fourth-order valence-electron chi connectivity index (χ4n) is 2.80. The van der Waals surface area contributed by atoms with Gasteiger partial charge in [0.2, 0.25) is 0 Å². The largest absolute Gasteiger partial charge is 0.316 e. The van der Waals surface area contributed by atoms with Crippen LogP contribution in [-0.4, -0.2) is 22.9 Å². The Labute approximate surface area is 115 Å². The summed E-state index contributed by atoms with van der Waals surface area (Å²) in [5.41, 5.74) is 2.24. The van der Waals surface area contributed by atoms with Crippen molar-refractivity contribution in [2.45, 2.75) is 52.6 Å². The third kappa shape index (κ3) is 2.57. The number of nitrogens with zero attached hydrogens (tertiary/aromatic N) is 2. The molecule has 102 valence electrons. The van der Waals surface area contributed by atoms with E-state index in [1.807, 2.05) is 0 Å². The van der Waals surface area contributed by atoms with Gasteiger partial charge in [-0.1, -0.05) is 25.4 Å². The van der Waals surface area contributed by atoms with Crippen LogP contribution in [-0.2, 0) is 19.4 Å². The molecule has 0 saturated heterocycles. The lowest BCUT2D eigenvalue weighted by atomic mass is 10.0. The molecule has 1 fully saturated rings. The second-order valence-corrected chi connectivity index (χ2v) is 5.73. The number of halogens is 1. The SMILES string of the molecule is CCc1nn(CC)c(CC(NC)C2CC2C)c1Cl. The van der Waals surface area contributed by atoms with Crippen LogP contribution >= 0.6 is 11.6 Å². The normalized spacial score (nSPS) is 24.3. The van der Waals surface area contributed by atoms with Gasteiger partial charge in [-0.05, 0) is 38.6 Å². The van der Waals surface area contributed by atoms with Crippen LogP contribution in [0.25, 0.3) is 0 Å². The fourth-order valence-corrected chi connectivity index (χ4v) is 3.15. The molecule has 3 nitrogen and oxygen atoms in total. The first-order valence-corrected chi connectivity index (χ1v) is 7.41. The van der Waals surface area contributed by atoms with Crippen molar-refractivity contribution in [1.82, 2.24) is 15.1 Å². The summed E-state index contributed by atoms with van der Waals surface area (Å²) in [6.07, 6.45) is 3.23. The Morgan fingerprint density at radius 3 is 2.61 bits per heavy atom. The lowest BCUT2D eigenvalue weighted by molar-refractivity contribution is 0.460. The molecule has 18 heavy (non-hydrogen) atoms. The maximum absolute atomic E-state index is 6.46. The zero-order valence-electron chi connectivity index (χ0n) is 11.8. The molecule has 0 aromatic carbocycles. The molecule has 2 rings (SSSR count). The van der Waals surface area contributed by atoms with Gasteiger partial charge in [-0.2, -0.15) is 5.10 Å². The van der Waals surface area contributed by atoms with E-state index in [1.54, 1.807) is 0 Å². The lowest BCUT2D eigenvalue weighted by Crippen LogP contribution is -2.31. The molecule has 3 atom stereocenters. The van der Waals surface area contributed by atoms with Gasteiger partial charge in [0, 0.05) is 19.0 Å². The predicted octanol–water partition coefficient (Wildman–Crippen LogP) is 2.91. The third-order valence-corrected chi connectivity index (χ3v) is 4.60. The van der Waals surface area contributed by atoms with Crippen molar-refractivity contribution < 1.29 is 0 Å². The van der Waals surface area contributed by atoms with Gasteiger partial charge in [-0.25, -0.2) is 0 Å². The molecule has 0 bridgehead atoms. The van der Waals surface area contributed by atoms with Crippen LogP contribution in [0.2, 0.25) is 5.02 Å². The van der Waals surface area contributed by atoms with Crippen molar-refractivity contribution in [2.24, 2.45) is 11.8 Å². The standard InChI is InChI=1S/C14H24ClN3/c1-5-11-14(15)13(18(6-2)17-11)8-12(16-4)10-7-9(10)3/h9-10,12,16H,5-8H2,1-4H3. The van der Waals surface area contributed by atoms with E-state index in [2.05, 4.69) is 42.9 Å². The summed E-state index contributed by atoms with van der Waals surface area (Å²) >= 11 is 6.46. The number of likely N-dealkylation sites (N-methyl/N-ethyl adjacent to an activating group) is 1. The van der Waals surface area contributed by atoms with Crippen molar-refractivity contribution in [2.75, 3.05) is 7.05 Å². The van der Waals surface area contributed by atoms with E-state index in [4.69, 9.17) is 11.6 Å². The molecule has 1 aromatic heterocycles. The molecular weight excluding hydrogens is 246 g/mol. The first-order chi connectivity index (χ1) is 8.62. The summed E-state index contributed by atoms with van der Waals surface area (Å²) < 4.78 is 2.07. The molecule has 4 heteroatoms. The predicted molar refractivity (Wildman–Crippen MR) is 76.1 cm³/mol. The van der Waals surface area contributed by atoms with Crippen molar-refractivity contribution in [3.05, 3.63) is 16.4 Å². The Morgan fingerprint density at radius 2 is 2.17 bits per heavy atom. The van der Waals surface area contributed by atoms with Gasteiger partial charge in [0.05, 0.1) is 16.4 Å². The lowest BCUT2D eigenvalue weighted by Gasteiger charge is -2.17. The van der Waals surface area contributed by atoms with Crippen molar-refractivity contribution in [3.8, 4) is 0 Å². The highest BCUT2D eigenvalue weighted by Crippen LogP contribution is 2.41. The quantitative estimate of drug-likeness (QED) is 0.861. The Kier molecular flexibility index (Phi) is 4.33. The van der Waals surface area contributed by atoms with Crippen LogP contribution < -0.4 is 5.32 Å². The zero-order valence-corrected chi connectivity index (χ0v) is 12.6. The summed E-state index contributed by atoms with van der Waals surface area (Å²) in [6.45, 7) is 7.45. The Balaban J connectivity index is 2.18. The summed E-state index contributed by atoms with van der Waals surface area (Å²) in [5, 5.41) is 8.92. The highest BCUT2D eigenvalue weighted by molar-refractivity contribution is 6.31. The Bertz CT molecular complexity index is 413. The van der Waals surface area contributed by atoms with E-state index < -0.39 is 0 Å². The van der Waals surface area contributed by atoms with Gasteiger partial charge < -0.3 is 5.32 Å². The Hall–Kier alpha value is -0.540. The van der Waals surface area contributed by atoms with Crippen LogP contribution in [0.3, 0.4) is 0 Å². The maximum Gasteiger partial charge on any atom is 0.0850 e. The number of hydrogen-bond donors (Lipinski definition) is 1. The van der Waals surface area contributed by atoms with Crippen molar-refractivity contribution in [3.63, 3.8) is 0 Å². The van der Waals surface area contributed by atoms with Gasteiger partial charge in [0.25, 0.3) is 0 Å². The van der Waals surface area contributed by atoms with Crippen LogP contribution in [0.5, 0.6) is 0 Å². The maximum atomic E-state index is 6.46. The smallest absolute Gasteiger partial charge is 0.0850 e. The van der Waals surface area contributed by atoms with E-state index in [-0.39, 0.29) is 0 Å². The van der Waals surface area contributed by atoms with Crippen molar-refractivity contribution >= 4 is 11.6 Å². The molecule has 0 spiro atoms. The van der Waals surface area contributed by atoms with Gasteiger partial charge in [-0.15, -0.1) is 0 Å². The molecule has 3 unspecified atom stereocenters. The minimum atomic E-state index is 0.532. The molecule has 1 aliphatic rings. The fraction of sp³-hybridized carbons (Fsp3) is 0.786. The topological polar surface area (TPSA) is 29.9 Å². The first kappa shape index (κ1) is 13.9. The second kappa shape index (κ2) is 5.62. The van der Waals surface area contributed by atoms with E-state index in [1.165, 1.54) is 12.1 Å². The van der Waals surface area contributed by atoms with Gasteiger partial charge in [0.1, 0.15) is 0 Å². The third-order valence-electron chi connectivity index (χ3n) is 4.17. The van der Waals surface area contributed by atoms with E-state index in [0.29, 0.717) is 6.04 Å². The Morgan fingerprint density at radius 1 is 1.50 bits per heavy atom. The number of rotatable bonds is 6. The van der Waals surface area contributed by atoms with Gasteiger partial charge >= 0.3 is 0 Å². The molecule has 0 amide bonds. The molecular formula is C14H24ClN3. The summed E-state index contributed by atoms with van der Waals surface area (Å²) in [7, 11) is 2.05.